The molecule has 0 amide bonds. The van der Waals surface area contributed by atoms with Gasteiger partial charge in [-0.15, -0.1) is 0 Å². The van der Waals surface area contributed by atoms with E-state index in [4.69, 9.17) is 5.73 Å². The summed E-state index contributed by atoms with van der Waals surface area (Å²) in [6.45, 7) is 5.15. The van der Waals surface area contributed by atoms with Crippen LogP contribution in [0.4, 0.5) is 0 Å². The molecular formula is C27H31N. The fourth-order valence-electron chi connectivity index (χ4n) is 4.56. The first-order chi connectivity index (χ1) is 13.8. The molecule has 2 N–H and O–H groups in total. The monoisotopic (exact) mass is 369 g/mol. The van der Waals surface area contributed by atoms with Crippen LogP contribution in [0.3, 0.4) is 0 Å². The lowest BCUT2D eigenvalue weighted by atomic mass is 9.86. The highest BCUT2D eigenvalue weighted by Crippen LogP contribution is 2.33. The Morgan fingerprint density at radius 1 is 0.714 bits per heavy atom. The lowest BCUT2D eigenvalue weighted by Crippen LogP contribution is -2.06. The van der Waals surface area contributed by atoms with Crippen LogP contribution in [-0.4, -0.2) is 0 Å². The van der Waals surface area contributed by atoms with Crippen molar-refractivity contribution in [2.24, 2.45) is 5.73 Å². The van der Waals surface area contributed by atoms with Crippen LogP contribution in [0.25, 0.3) is 11.1 Å². The molecule has 1 nitrogen and oxygen atoms in total. The van der Waals surface area contributed by atoms with Gasteiger partial charge in [0, 0.05) is 6.54 Å². The van der Waals surface area contributed by atoms with Gasteiger partial charge in [-0.1, -0.05) is 81.3 Å². The normalized spacial score (nSPS) is 11.7. The summed E-state index contributed by atoms with van der Waals surface area (Å²) in [7, 11) is 0. The third kappa shape index (κ3) is 3.29. The number of aryl methyl sites for hydroxylation is 1. The summed E-state index contributed by atoms with van der Waals surface area (Å²) < 4.78 is 0. The quantitative estimate of drug-likeness (QED) is 0.383. The van der Waals surface area contributed by atoms with Crippen LogP contribution in [0, 0.1) is 20.9 Å². The van der Waals surface area contributed by atoms with E-state index in [0.717, 1.165) is 12.8 Å². The average molecular weight is 370 g/mol. The molecular weight excluding hydrogens is 338 g/mol. The number of rotatable bonds is 8. The number of unbranched alkanes of at least 4 members (excludes halogenated alkanes) is 2. The van der Waals surface area contributed by atoms with E-state index in [1.807, 2.05) is 0 Å². The van der Waals surface area contributed by atoms with Crippen molar-refractivity contribution in [2.75, 3.05) is 0 Å². The largest absolute Gasteiger partial charge is 0.326 e. The second-order valence-corrected chi connectivity index (χ2v) is 7.97. The number of benzene rings is 3. The van der Waals surface area contributed by atoms with Gasteiger partial charge in [0.15, 0.2) is 0 Å². The fraction of sp³-hybridized carbons (Fsp3) is 0.333. The summed E-state index contributed by atoms with van der Waals surface area (Å²) in [5.74, 6) is 0. The van der Waals surface area contributed by atoms with Gasteiger partial charge in [-0.2, -0.15) is 0 Å². The predicted octanol–water partition coefficient (Wildman–Crippen LogP) is 6.38. The van der Waals surface area contributed by atoms with Gasteiger partial charge in [0.25, 0.3) is 0 Å². The number of fused-ring (bicyclic) bond motifs is 2. The summed E-state index contributed by atoms with van der Waals surface area (Å²) in [6.07, 6.45) is 7.11. The van der Waals surface area contributed by atoms with Crippen molar-refractivity contribution in [3.63, 3.8) is 0 Å². The van der Waals surface area contributed by atoms with E-state index in [1.165, 1.54) is 74.4 Å². The minimum absolute atomic E-state index is 0.623. The molecule has 3 aromatic carbocycles. The Kier molecular flexibility index (Phi) is 5.64. The van der Waals surface area contributed by atoms with Crippen LogP contribution in [-0.2, 0) is 19.4 Å². The van der Waals surface area contributed by atoms with Gasteiger partial charge in [0.1, 0.15) is 0 Å². The second-order valence-electron chi connectivity index (χ2n) is 7.97. The van der Waals surface area contributed by atoms with Crippen molar-refractivity contribution in [3.8, 4) is 11.1 Å². The van der Waals surface area contributed by atoms with Crippen molar-refractivity contribution < 1.29 is 0 Å². The van der Waals surface area contributed by atoms with Gasteiger partial charge >= 0.3 is 0 Å². The molecule has 4 rings (SSSR count). The molecule has 0 saturated heterocycles. The van der Waals surface area contributed by atoms with Crippen LogP contribution >= 0.6 is 0 Å². The maximum Gasteiger partial charge on any atom is 0.0181 e. The maximum absolute atomic E-state index is 6.23. The highest BCUT2D eigenvalue weighted by atomic mass is 14.5. The van der Waals surface area contributed by atoms with Crippen LogP contribution in [0.15, 0.2) is 54.6 Å². The van der Waals surface area contributed by atoms with Gasteiger partial charge in [-0.25, -0.2) is 0 Å². The van der Waals surface area contributed by atoms with Gasteiger partial charge in [0.2, 0.25) is 0 Å². The van der Waals surface area contributed by atoms with Gasteiger partial charge in [-0.05, 0) is 74.4 Å². The zero-order valence-electron chi connectivity index (χ0n) is 17.2. The number of hydrogen-bond acceptors (Lipinski definition) is 1. The SMILES string of the molecule is CCCCc1cc(CN)c(CCCC)c(-c2cccc3c2=c2ccccc2=3)c1. The molecule has 0 atom stereocenters. The molecule has 1 aliphatic rings. The molecule has 0 heterocycles. The summed E-state index contributed by atoms with van der Waals surface area (Å²) in [5.41, 5.74) is 13.3. The Bertz CT molecular complexity index is 1170. The minimum Gasteiger partial charge on any atom is -0.326 e. The molecule has 0 aliphatic heterocycles. The topological polar surface area (TPSA) is 26.0 Å². The highest BCUT2D eigenvalue weighted by Gasteiger charge is 2.15. The third-order valence-corrected chi connectivity index (χ3v) is 6.06. The van der Waals surface area contributed by atoms with E-state index in [2.05, 4.69) is 68.4 Å². The molecule has 144 valence electrons. The van der Waals surface area contributed by atoms with E-state index in [0.29, 0.717) is 6.54 Å². The molecule has 0 fully saturated rings. The number of nitrogens with two attached hydrogens (primary N) is 1. The zero-order chi connectivity index (χ0) is 19.5. The molecule has 0 aromatic heterocycles. The molecule has 1 aliphatic carbocycles. The summed E-state index contributed by atoms with van der Waals surface area (Å²) in [5, 5.41) is 5.59. The Morgan fingerprint density at radius 3 is 2.18 bits per heavy atom. The lowest BCUT2D eigenvalue weighted by molar-refractivity contribution is 0.777. The smallest absolute Gasteiger partial charge is 0.0181 e. The lowest BCUT2D eigenvalue weighted by Gasteiger charge is -2.19. The van der Waals surface area contributed by atoms with Gasteiger partial charge in [0.05, 0.1) is 0 Å². The third-order valence-electron chi connectivity index (χ3n) is 6.06. The van der Waals surface area contributed by atoms with Crippen molar-refractivity contribution >= 4 is 0 Å². The maximum atomic E-state index is 6.23. The molecule has 0 radical (unpaired) electrons. The summed E-state index contributed by atoms with van der Waals surface area (Å²) in [4.78, 5) is 0. The first kappa shape index (κ1) is 19.0. The fourth-order valence-corrected chi connectivity index (χ4v) is 4.56. The molecule has 0 spiro atoms. The molecule has 3 aromatic rings. The van der Waals surface area contributed by atoms with Crippen molar-refractivity contribution in [1.82, 2.24) is 0 Å². The predicted molar refractivity (Wildman–Crippen MR) is 119 cm³/mol. The van der Waals surface area contributed by atoms with Crippen LogP contribution < -0.4 is 5.73 Å². The average Bonchev–Trinajstić information content (AvgIpc) is 2.73. The van der Waals surface area contributed by atoms with E-state index in [9.17, 15) is 0 Å². The van der Waals surface area contributed by atoms with Crippen molar-refractivity contribution in [2.45, 2.75) is 58.9 Å². The minimum atomic E-state index is 0.623. The molecule has 1 heteroatoms. The van der Waals surface area contributed by atoms with Crippen LogP contribution in [0.5, 0.6) is 0 Å². The number of hydrogen-bond donors (Lipinski definition) is 1. The second kappa shape index (κ2) is 8.32. The molecule has 28 heavy (non-hydrogen) atoms. The Balaban J connectivity index is 1.97. The zero-order valence-corrected chi connectivity index (χ0v) is 17.2. The first-order valence-corrected chi connectivity index (χ1v) is 10.9. The molecule has 0 unspecified atom stereocenters. The summed E-state index contributed by atoms with van der Waals surface area (Å²) >= 11 is 0. The van der Waals surface area contributed by atoms with E-state index in [-0.39, 0.29) is 0 Å². The van der Waals surface area contributed by atoms with Gasteiger partial charge < -0.3 is 5.73 Å². The van der Waals surface area contributed by atoms with E-state index >= 15 is 0 Å². The first-order valence-electron chi connectivity index (χ1n) is 10.9. The van der Waals surface area contributed by atoms with Crippen LogP contribution in [0.2, 0.25) is 0 Å². The summed E-state index contributed by atoms with van der Waals surface area (Å²) in [6, 6.07) is 20.4. The van der Waals surface area contributed by atoms with E-state index < -0.39 is 0 Å². The van der Waals surface area contributed by atoms with Gasteiger partial charge in [-0.3, -0.25) is 0 Å². The van der Waals surface area contributed by atoms with E-state index in [1.54, 1.807) is 0 Å². The standard InChI is InChI=1S/C27H31N/c1-3-5-10-19-16-20(18-28)21(11-6-4-2)26(17-19)25-15-9-14-24-22-12-7-8-13-23(22)27(24)25/h7-9,12-17H,3-6,10-11,18,28H2,1-2H3. The molecule has 0 bridgehead atoms. The van der Waals surface area contributed by atoms with Crippen molar-refractivity contribution in [3.05, 3.63) is 92.2 Å². The van der Waals surface area contributed by atoms with Crippen LogP contribution in [0.1, 0.15) is 56.2 Å². The highest BCUT2D eigenvalue weighted by molar-refractivity contribution is 5.72. The Morgan fingerprint density at radius 2 is 1.43 bits per heavy atom. The van der Waals surface area contributed by atoms with Crippen molar-refractivity contribution in [1.29, 1.82) is 0 Å². The Hall–Kier alpha value is -2.38. The molecule has 0 saturated carbocycles. The Labute approximate surface area is 168 Å².